The zero-order valence-electron chi connectivity index (χ0n) is 12.5. The molecule has 0 heterocycles. The second kappa shape index (κ2) is 7.89. The topological polar surface area (TPSA) is 40.5 Å². The van der Waals surface area contributed by atoms with Gasteiger partial charge in [0.05, 0.1) is 18.8 Å². The van der Waals surface area contributed by atoms with Crippen molar-refractivity contribution in [2.45, 2.75) is 11.9 Å². The molecule has 0 atom stereocenters. The molecule has 0 aliphatic rings. The van der Waals surface area contributed by atoms with Gasteiger partial charge in [0.1, 0.15) is 17.3 Å². The van der Waals surface area contributed by atoms with E-state index in [-0.39, 0.29) is 24.1 Å². The van der Waals surface area contributed by atoms with E-state index in [1.54, 1.807) is 0 Å². The Bertz CT molecular complexity index is 510. The van der Waals surface area contributed by atoms with Crippen LogP contribution in [-0.2, 0) is 22.8 Å². The van der Waals surface area contributed by atoms with Gasteiger partial charge < -0.3 is 10.2 Å². The standard InChI is InChI=1S/C12H16F3O2S.F6P/c13-12(14,15)11-3-1-10(2-4-11)9-18(7-5-16)8-6-17;1-7(2,3,4,5)6/h1-4,16-17H,5-9H2;/q+1;-1. The maximum Gasteiger partial charge on any atom is 0.416 e. The molecule has 0 aliphatic carbocycles. The van der Waals surface area contributed by atoms with E-state index >= 15 is 0 Å². The zero-order valence-corrected chi connectivity index (χ0v) is 14.2. The molecule has 0 radical (unpaired) electrons. The van der Waals surface area contributed by atoms with Crippen LogP contribution in [0.25, 0.3) is 0 Å². The summed E-state index contributed by atoms with van der Waals surface area (Å²) in [7, 11) is -10.8. The predicted molar refractivity (Wildman–Crippen MR) is 80.0 cm³/mol. The Morgan fingerprint density at radius 2 is 1.16 bits per heavy atom. The summed E-state index contributed by atoms with van der Waals surface area (Å²) in [5.41, 5.74) is 0.142. The summed E-state index contributed by atoms with van der Waals surface area (Å²) < 4.78 is 96.3. The molecule has 150 valence electrons. The van der Waals surface area contributed by atoms with Gasteiger partial charge in [-0.15, -0.1) is 0 Å². The van der Waals surface area contributed by atoms with Gasteiger partial charge in [0, 0.05) is 5.56 Å². The first-order valence-electron chi connectivity index (χ1n) is 6.50. The van der Waals surface area contributed by atoms with E-state index in [0.29, 0.717) is 17.3 Å². The molecule has 0 bridgehead atoms. The molecule has 1 aromatic rings. The molecule has 0 fully saturated rings. The minimum atomic E-state index is -10.7. The molecule has 0 amide bonds. The van der Waals surface area contributed by atoms with Gasteiger partial charge in [-0.05, 0) is 23.0 Å². The molecule has 2 N–H and O–H groups in total. The van der Waals surface area contributed by atoms with E-state index in [0.717, 1.165) is 17.7 Å². The molecule has 1 rings (SSSR count). The Kier molecular flexibility index (Phi) is 7.67. The van der Waals surface area contributed by atoms with Gasteiger partial charge in [-0.2, -0.15) is 13.2 Å². The third-order valence-electron chi connectivity index (χ3n) is 2.41. The van der Waals surface area contributed by atoms with Gasteiger partial charge in [-0.25, -0.2) is 0 Å². The van der Waals surface area contributed by atoms with E-state index in [4.69, 9.17) is 10.2 Å². The average Bonchev–Trinajstić information content (AvgIpc) is 2.35. The van der Waals surface area contributed by atoms with Crippen molar-refractivity contribution < 1.29 is 48.6 Å². The number of aliphatic hydroxyl groups excluding tert-OH is 2. The molecule has 0 unspecified atom stereocenters. The van der Waals surface area contributed by atoms with E-state index in [2.05, 4.69) is 0 Å². The second-order valence-corrected chi connectivity index (χ2v) is 9.01. The van der Waals surface area contributed by atoms with E-state index in [1.165, 1.54) is 12.1 Å². The first-order chi connectivity index (χ1) is 10.9. The third kappa shape index (κ3) is 16.5. The smallest absolute Gasteiger partial charge is 0.391 e. The van der Waals surface area contributed by atoms with Crippen molar-refractivity contribution in [3.05, 3.63) is 35.4 Å². The second-order valence-electron chi connectivity index (χ2n) is 4.77. The number of hydrogen-bond acceptors (Lipinski definition) is 2. The molecule has 25 heavy (non-hydrogen) atoms. The molecular weight excluding hydrogens is 410 g/mol. The van der Waals surface area contributed by atoms with Crippen molar-refractivity contribution >= 4 is 18.7 Å². The van der Waals surface area contributed by atoms with E-state index < -0.39 is 19.5 Å². The first-order valence-corrected chi connectivity index (χ1v) is 10.3. The van der Waals surface area contributed by atoms with Crippen molar-refractivity contribution in [2.24, 2.45) is 0 Å². The molecular formula is C12H16F9O2PS. The maximum atomic E-state index is 12.4. The summed E-state index contributed by atoms with van der Waals surface area (Å²) in [6.07, 6.45) is -4.31. The van der Waals surface area contributed by atoms with Crippen molar-refractivity contribution in [2.75, 3.05) is 24.7 Å². The van der Waals surface area contributed by atoms with Crippen LogP contribution in [0, 0.1) is 0 Å². The van der Waals surface area contributed by atoms with Crippen LogP contribution in [0.4, 0.5) is 38.4 Å². The summed E-state index contributed by atoms with van der Waals surface area (Å²) in [6.45, 7) is 0.0630. The van der Waals surface area contributed by atoms with Crippen LogP contribution in [0.2, 0.25) is 0 Å². The van der Waals surface area contributed by atoms with Gasteiger partial charge in [0.25, 0.3) is 0 Å². The van der Waals surface area contributed by atoms with Crippen LogP contribution in [0.1, 0.15) is 11.1 Å². The Labute approximate surface area is 140 Å². The molecule has 0 saturated carbocycles. The van der Waals surface area contributed by atoms with Crippen molar-refractivity contribution in [1.29, 1.82) is 0 Å². The van der Waals surface area contributed by atoms with E-state index in [1.807, 2.05) is 0 Å². The quantitative estimate of drug-likeness (QED) is 0.374. The fourth-order valence-corrected chi connectivity index (χ4v) is 3.20. The number of halogens is 9. The van der Waals surface area contributed by atoms with Crippen molar-refractivity contribution in [1.82, 2.24) is 0 Å². The van der Waals surface area contributed by atoms with Gasteiger partial charge in [0.15, 0.2) is 0 Å². The fraction of sp³-hybridized carbons (Fsp3) is 0.500. The van der Waals surface area contributed by atoms with Crippen LogP contribution in [0.15, 0.2) is 24.3 Å². The largest absolute Gasteiger partial charge is 0.416 e. The third-order valence-corrected chi connectivity index (χ3v) is 4.67. The Morgan fingerprint density at radius 1 is 0.800 bits per heavy atom. The van der Waals surface area contributed by atoms with Crippen molar-refractivity contribution in [3.8, 4) is 0 Å². The van der Waals surface area contributed by atoms with Gasteiger partial charge in [-0.3, -0.25) is 0 Å². The molecule has 0 aliphatic heterocycles. The molecule has 0 spiro atoms. The SMILES string of the molecule is F[P-](F)(F)(F)(F)F.OCC[S+](CCO)Cc1ccc(C(F)(F)F)cc1. The summed E-state index contributed by atoms with van der Waals surface area (Å²) in [4.78, 5) is 0. The number of hydrogen-bond donors (Lipinski definition) is 2. The molecule has 13 heteroatoms. The summed E-state index contributed by atoms with van der Waals surface area (Å²) >= 11 is 0. The number of rotatable bonds is 6. The summed E-state index contributed by atoms with van der Waals surface area (Å²) in [6, 6.07) is 5.04. The van der Waals surface area contributed by atoms with Crippen LogP contribution in [0.3, 0.4) is 0 Å². The predicted octanol–water partition coefficient (Wildman–Crippen LogP) is 5.19. The normalized spacial score (nSPS) is 15.2. The zero-order chi connectivity index (χ0) is 20.0. The van der Waals surface area contributed by atoms with Crippen LogP contribution in [-0.4, -0.2) is 34.9 Å². The van der Waals surface area contributed by atoms with Gasteiger partial charge >= 0.3 is 39.2 Å². The minimum Gasteiger partial charge on any atom is -0.391 e. The van der Waals surface area contributed by atoms with Crippen LogP contribution < -0.4 is 0 Å². The number of benzene rings is 1. The van der Waals surface area contributed by atoms with E-state index in [9.17, 15) is 38.4 Å². The summed E-state index contributed by atoms with van der Waals surface area (Å²) in [5.74, 6) is 1.74. The van der Waals surface area contributed by atoms with Gasteiger partial charge in [0.2, 0.25) is 0 Å². The Balaban J connectivity index is 0.000000697. The summed E-state index contributed by atoms with van der Waals surface area (Å²) in [5, 5.41) is 17.7. The Hall–Kier alpha value is -0.710. The fourth-order valence-electron chi connectivity index (χ4n) is 1.53. The molecule has 0 aromatic heterocycles. The number of alkyl halides is 3. The monoisotopic (exact) mass is 426 g/mol. The minimum absolute atomic E-state index is 0.0315. The molecule has 1 aromatic carbocycles. The maximum absolute atomic E-state index is 12.4. The first kappa shape index (κ1) is 24.3. The van der Waals surface area contributed by atoms with Crippen LogP contribution in [0.5, 0.6) is 0 Å². The van der Waals surface area contributed by atoms with Gasteiger partial charge in [-0.1, -0.05) is 12.1 Å². The molecule has 0 saturated heterocycles. The molecule has 2 nitrogen and oxygen atoms in total. The average molecular weight is 426 g/mol. The Morgan fingerprint density at radius 3 is 1.44 bits per heavy atom. The number of aliphatic hydroxyl groups is 2. The van der Waals surface area contributed by atoms with Crippen LogP contribution >= 0.6 is 7.81 Å². The van der Waals surface area contributed by atoms with Crippen molar-refractivity contribution in [3.63, 3.8) is 0 Å².